The maximum Gasteiger partial charge on any atom is 0.417 e. The van der Waals surface area contributed by atoms with Gasteiger partial charge in [-0.25, -0.2) is 23.5 Å². The lowest BCUT2D eigenvalue weighted by Crippen LogP contribution is -2.38. The number of hydrogen-bond acceptors (Lipinski definition) is 8. The summed E-state index contributed by atoms with van der Waals surface area (Å²) in [5.74, 6) is -1.59. The van der Waals surface area contributed by atoms with Crippen molar-refractivity contribution in [3.05, 3.63) is 106 Å². The molecule has 1 fully saturated rings. The molecule has 1 atom stereocenters. The molecule has 1 unspecified atom stereocenters. The zero-order valence-electron chi connectivity index (χ0n) is 27.9. The fourth-order valence-corrected chi connectivity index (χ4v) is 6.20. The van der Waals surface area contributed by atoms with Crippen molar-refractivity contribution in [2.24, 2.45) is 0 Å². The van der Waals surface area contributed by atoms with Gasteiger partial charge in [-0.1, -0.05) is 12.1 Å². The summed E-state index contributed by atoms with van der Waals surface area (Å²) in [4.78, 5) is 51.5. The molecule has 0 saturated carbocycles. The van der Waals surface area contributed by atoms with Gasteiger partial charge >= 0.3 is 6.09 Å². The number of rotatable bonds is 8. The normalized spacial score (nSPS) is 15.9. The summed E-state index contributed by atoms with van der Waals surface area (Å²) in [6.45, 7) is 5.77. The molecule has 10 nitrogen and oxygen atoms in total. The van der Waals surface area contributed by atoms with E-state index in [1.54, 1.807) is 63.2 Å². The van der Waals surface area contributed by atoms with E-state index in [0.29, 0.717) is 46.0 Å². The molecule has 2 aliphatic heterocycles. The minimum atomic E-state index is -0.772. The predicted molar refractivity (Wildman–Crippen MR) is 175 cm³/mol. The van der Waals surface area contributed by atoms with Crippen molar-refractivity contribution in [3.8, 4) is 22.8 Å². The lowest BCUT2D eigenvalue weighted by Gasteiger charge is -2.23. The third kappa shape index (κ3) is 6.81. The van der Waals surface area contributed by atoms with Crippen LogP contribution < -0.4 is 9.47 Å². The number of pyridine rings is 2. The van der Waals surface area contributed by atoms with E-state index < -0.39 is 29.2 Å². The Hall–Kier alpha value is -5.39. The van der Waals surface area contributed by atoms with Gasteiger partial charge in [0.1, 0.15) is 28.7 Å². The van der Waals surface area contributed by atoms with Crippen LogP contribution in [0.15, 0.2) is 60.8 Å². The molecule has 2 aromatic heterocycles. The van der Waals surface area contributed by atoms with Gasteiger partial charge in [-0.3, -0.25) is 14.6 Å². The molecule has 3 amide bonds. The average Bonchev–Trinajstić information content (AvgIpc) is 3.59. The number of carbonyl (C=O) groups is 3. The van der Waals surface area contributed by atoms with E-state index in [4.69, 9.17) is 14.2 Å². The molecule has 6 rings (SSSR count). The van der Waals surface area contributed by atoms with Crippen LogP contribution in [0.2, 0.25) is 0 Å². The fraction of sp³-hybridized carbons (Fsp3) is 0.324. The highest BCUT2D eigenvalue weighted by atomic mass is 19.1. The number of hydrogen-bond donors (Lipinski definition) is 0. The first-order chi connectivity index (χ1) is 23.4. The van der Waals surface area contributed by atoms with Crippen molar-refractivity contribution in [2.75, 3.05) is 20.8 Å². The van der Waals surface area contributed by atoms with E-state index in [2.05, 4.69) is 9.97 Å². The van der Waals surface area contributed by atoms with Gasteiger partial charge in [0.05, 0.1) is 55.7 Å². The van der Waals surface area contributed by atoms with Crippen LogP contribution in [-0.4, -0.2) is 64.0 Å². The second-order valence-corrected chi connectivity index (χ2v) is 13.0. The molecule has 12 heteroatoms. The highest BCUT2D eigenvalue weighted by molar-refractivity contribution is 6.00. The van der Waals surface area contributed by atoms with Gasteiger partial charge in [0, 0.05) is 36.5 Å². The topological polar surface area (TPSA) is 111 Å². The van der Waals surface area contributed by atoms with Crippen molar-refractivity contribution in [1.29, 1.82) is 0 Å². The third-order valence-corrected chi connectivity index (χ3v) is 8.53. The zero-order chi connectivity index (χ0) is 35.0. The number of methoxy groups -OCH3 is 2. The first-order valence-corrected chi connectivity index (χ1v) is 15.8. The second kappa shape index (κ2) is 13.3. The lowest BCUT2D eigenvalue weighted by atomic mass is 9.97. The number of imide groups is 1. The van der Waals surface area contributed by atoms with Crippen LogP contribution in [0, 0.1) is 11.6 Å². The Balaban J connectivity index is 1.29. The van der Waals surface area contributed by atoms with Crippen LogP contribution in [0.3, 0.4) is 0 Å². The number of nitrogens with zero attached hydrogens (tertiary/aromatic N) is 4. The summed E-state index contributed by atoms with van der Waals surface area (Å²) in [7, 11) is 3.08. The average molecular weight is 671 g/mol. The number of fused-ring (bicyclic) bond motifs is 1. The van der Waals surface area contributed by atoms with E-state index >= 15 is 0 Å². The van der Waals surface area contributed by atoms with Gasteiger partial charge in [-0.2, -0.15) is 0 Å². The standard InChI is InChI=1S/C37H36F2N4O6/c1-37(2,3)49-36(46)43-14-13-26(34(43)44)21-9-11-24(40-18-21)15-23-16-29(33-27(38)7-6-8-28(33)39)41-30-20-42(35(45)32(23)30)19-22-10-12-25(47-4)17-31(22)48-5/h6-12,16-18,26H,13-15,19-20H2,1-5H3. The van der Waals surface area contributed by atoms with Crippen LogP contribution in [-0.2, 0) is 29.0 Å². The zero-order valence-corrected chi connectivity index (χ0v) is 27.9. The van der Waals surface area contributed by atoms with Crippen LogP contribution in [0.4, 0.5) is 13.6 Å². The fourth-order valence-electron chi connectivity index (χ4n) is 6.20. The maximum absolute atomic E-state index is 15.0. The van der Waals surface area contributed by atoms with Gasteiger partial charge in [0.15, 0.2) is 0 Å². The van der Waals surface area contributed by atoms with Gasteiger partial charge in [0.2, 0.25) is 5.91 Å². The molecule has 254 valence electrons. The van der Waals surface area contributed by atoms with E-state index in [0.717, 1.165) is 22.6 Å². The second-order valence-electron chi connectivity index (χ2n) is 13.0. The van der Waals surface area contributed by atoms with Crippen molar-refractivity contribution in [1.82, 2.24) is 19.8 Å². The molecule has 0 radical (unpaired) electrons. The number of likely N-dealkylation sites (tertiary alicyclic amines) is 1. The molecule has 0 N–H and O–H groups in total. The highest BCUT2D eigenvalue weighted by Crippen LogP contribution is 2.35. The summed E-state index contributed by atoms with van der Waals surface area (Å²) in [6.07, 6.45) is 1.49. The van der Waals surface area contributed by atoms with Crippen LogP contribution in [0.1, 0.15) is 71.5 Å². The molecule has 0 spiro atoms. The van der Waals surface area contributed by atoms with E-state index in [-0.39, 0.29) is 49.1 Å². The summed E-state index contributed by atoms with van der Waals surface area (Å²) < 4.78 is 46.1. The summed E-state index contributed by atoms with van der Waals surface area (Å²) in [5, 5.41) is 0. The largest absolute Gasteiger partial charge is 0.497 e. The van der Waals surface area contributed by atoms with Crippen LogP contribution >= 0.6 is 0 Å². The minimum Gasteiger partial charge on any atom is -0.497 e. The molecule has 0 aliphatic carbocycles. The van der Waals surface area contributed by atoms with Gasteiger partial charge in [0.25, 0.3) is 5.91 Å². The first kappa shape index (κ1) is 33.5. The molecule has 4 aromatic rings. The molecule has 0 bridgehead atoms. The SMILES string of the molecule is COc1ccc(CN2Cc3nc(-c4c(F)cccc4F)cc(Cc4ccc(C5CCN(C(=O)OC(C)(C)C)C5=O)cn4)c3C2=O)c(OC)c1. The predicted octanol–water partition coefficient (Wildman–Crippen LogP) is 6.44. The molecular formula is C37H36F2N4O6. The Morgan fingerprint density at radius 2 is 1.71 bits per heavy atom. The van der Waals surface area contributed by atoms with Crippen LogP contribution in [0.25, 0.3) is 11.3 Å². The summed E-state index contributed by atoms with van der Waals surface area (Å²) >= 11 is 0. The van der Waals surface area contributed by atoms with Crippen molar-refractivity contribution in [2.45, 2.75) is 58.2 Å². The highest BCUT2D eigenvalue weighted by Gasteiger charge is 2.39. The molecule has 2 aliphatic rings. The molecular weight excluding hydrogens is 634 g/mol. The van der Waals surface area contributed by atoms with E-state index in [1.807, 2.05) is 6.07 Å². The Kier molecular flexibility index (Phi) is 9.06. The maximum atomic E-state index is 15.0. The van der Waals surface area contributed by atoms with Gasteiger partial charge in [-0.05, 0) is 74.7 Å². The molecule has 4 heterocycles. The Labute approximate surface area is 282 Å². The number of aromatic nitrogens is 2. The van der Waals surface area contributed by atoms with E-state index in [1.165, 1.54) is 19.2 Å². The lowest BCUT2D eigenvalue weighted by molar-refractivity contribution is -0.128. The third-order valence-electron chi connectivity index (χ3n) is 8.53. The number of carbonyl (C=O) groups excluding carboxylic acids is 3. The van der Waals surface area contributed by atoms with Crippen molar-refractivity contribution < 1.29 is 37.4 Å². The quantitative estimate of drug-likeness (QED) is 0.211. The number of benzene rings is 2. The summed E-state index contributed by atoms with van der Waals surface area (Å²) in [6, 6.07) is 14.0. The smallest absolute Gasteiger partial charge is 0.417 e. The van der Waals surface area contributed by atoms with Crippen molar-refractivity contribution >= 4 is 17.9 Å². The molecule has 1 saturated heterocycles. The number of ether oxygens (including phenoxy) is 3. The number of amides is 3. The molecule has 49 heavy (non-hydrogen) atoms. The van der Waals surface area contributed by atoms with Gasteiger partial charge in [-0.15, -0.1) is 0 Å². The number of halogens is 2. The first-order valence-electron chi connectivity index (χ1n) is 15.8. The Morgan fingerprint density at radius 1 is 0.959 bits per heavy atom. The summed E-state index contributed by atoms with van der Waals surface area (Å²) in [5.41, 5.74) is 2.24. The van der Waals surface area contributed by atoms with E-state index in [9.17, 15) is 23.2 Å². The molecule has 2 aromatic carbocycles. The Bertz CT molecular complexity index is 1920. The van der Waals surface area contributed by atoms with Gasteiger partial charge < -0.3 is 19.1 Å². The monoisotopic (exact) mass is 670 g/mol. The Morgan fingerprint density at radius 3 is 2.37 bits per heavy atom. The van der Waals surface area contributed by atoms with Crippen molar-refractivity contribution in [3.63, 3.8) is 0 Å². The van der Waals surface area contributed by atoms with Crippen LogP contribution in [0.5, 0.6) is 11.5 Å². The minimum absolute atomic E-state index is 0.0661.